The zero-order chi connectivity index (χ0) is 6.97. The first kappa shape index (κ1) is 6.58. The second-order valence-electron chi connectivity index (χ2n) is 3.14. The van der Waals surface area contributed by atoms with Crippen molar-refractivity contribution in [3.8, 4) is 0 Å². The Bertz CT molecular complexity index is 113. The van der Waals surface area contributed by atoms with Gasteiger partial charge in [0.25, 0.3) is 0 Å². The number of piperidine rings is 1. The number of aliphatic hydroxyl groups excluding tert-OH is 1. The molecule has 3 nitrogen and oxygen atoms in total. The Morgan fingerprint density at radius 3 is 3.10 bits per heavy atom. The summed E-state index contributed by atoms with van der Waals surface area (Å²) in [5.41, 5.74) is 0. The summed E-state index contributed by atoms with van der Waals surface area (Å²) in [4.78, 5) is 0. The Labute approximate surface area is 60.4 Å². The Morgan fingerprint density at radius 1 is 1.40 bits per heavy atom. The average Bonchev–Trinajstić information content (AvgIpc) is 1.85. The van der Waals surface area contributed by atoms with Crippen LogP contribution in [0.1, 0.15) is 19.3 Å². The van der Waals surface area contributed by atoms with Crippen molar-refractivity contribution in [1.82, 2.24) is 5.32 Å². The Hall–Kier alpha value is -0.120. The van der Waals surface area contributed by atoms with Crippen molar-refractivity contribution in [2.75, 3.05) is 6.61 Å². The number of aliphatic hydroxyl groups is 1. The molecule has 0 saturated carbocycles. The molecule has 0 aromatic heterocycles. The number of fused-ring (bicyclic) bond motifs is 2. The van der Waals surface area contributed by atoms with Crippen LogP contribution in [0.15, 0.2) is 0 Å². The van der Waals surface area contributed by atoms with Gasteiger partial charge in [-0.2, -0.15) is 0 Å². The van der Waals surface area contributed by atoms with Crippen molar-refractivity contribution in [3.05, 3.63) is 0 Å². The van der Waals surface area contributed by atoms with Crippen molar-refractivity contribution in [2.24, 2.45) is 0 Å². The molecule has 3 unspecified atom stereocenters. The van der Waals surface area contributed by atoms with E-state index in [4.69, 9.17) is 4.74 Å². The van der Waals surface area contributed by atoms with Gasteiger partial charge in [-0.15, -0.1) is 0 Å². The molecule has 10 heavy (non-hydrogen) atoms. The number of ether oxygens (including phenoxy) is 1. The summed E-state index contributed by atoms with van der Waals surface area (Å²) >= 11 is 0. The quantitative estimate of drug-likeness (QED) is 0.495. The molecular formula is C7H13NO2. The average molecular weight is 143 g/mol. The van der Waals surface area contributed by atoms with Crippen LogP contribution in [0, 0.1) is 0 Å². The smallest absolute Gasteiger partial charge is 0.110 e. The molecule has 2 saturated heterocycles. The van der Waals surface area contributed by atoms with E-state index < -0.39 is 0 Å². The molecule has 0 amide bonds. The highest BCUT2D eigenvalue weighted by Crippen LogP contribution is 2.20. The lowest BCUT2D eigenvalue weighted by atomic mass is 9.97. The maximum Gasteiger partial charge on any atom is 0.110 e. The Balaban J connectivity index is 1.98. The van der Waals surface area contributed by atoms with E-state index in [-0.39, 0.29) is 12.3 Å². The minimum atomic E-state index is -0.142. The number of hydrogen-bond donors (Lipinski definition) is 2. The molecule has 0 aromatic rings. The van der Waals surface area contributed by atoms with Crippen LogP contribution in [0.25, 0.3) is 0 Å². The van der Waals surface area contributed by atoms with Gasteiger partial charge in [-0.05, 0) is 12.8 Å². The van der Waals surface area contributed by atoms with Crippen LogP contribution < -0.4 is 5.32 Å². The molecule has 2 rings (SSSR count). The fourth-order valence-electron chi connectivity index (χ4n) is 1.74. The van der Waals surface area contributed by atoms with Gasteiger partial charge in [0.05, 0.1) is 12.7 Å². The third-order valence-corrected chi connectivity index (χ3v) is 2.25. The zero-order valence-electron chi connectivity index (χ0n) is 5.92. The number of nitrogens with one attached hydrogen (secondary N) is 1. The SMILES string of the molecule is OC1CC2CCOC(C1)N2. The molecule has 0 aliphatic carbocycles. The van der Waals surface area contributed by atoms with Gasteiger partial charge in [-0.25, -0.2) is 0 Å². The fourth-order valence-corrected chi connectivity index (χ4v) is 1.74. The van der Waals surface area contributed by atoms with Gasteiger partial charge in [0.2, 0.25) is 0 Å². The van der Waals surface area contributed by atoms with E-state index in [1.54, 1.807) is 0 Å². The van der Waals surface area contributed by atoms with Crippen molar-refractivity contribution >= 4 is 0 Å². The summed E-state index contributed by atoms with van der Waals surface area (Å²) in [7, 11) is 0. The molecule has 2 N–H and O–H groups in total. The largest absolute Gasteiger partial charge is 0.393 e. The van der Waals surface area contributed by atoms with Gasteiger partial charge in [0.1, 0.15) is 6.23 Å². The van der Waals surface area contributed by atoms with Gasteiger partial charge >= 0.3 is 0 Å². The van der Waals surface area contributed by atoms with Gasteiger partial charge < -0.3 is 9.84 Å². The van der Waals surface area contributed by atoms with E-state index >= 15 is 0 Å². The molecule has 0 aromatic carbocycles. The molecule has 2 fully saturated rings. The summed E-state index contributed by atoms with van der Waals surface area (Å²) < 4.78 is 5.35. The highest BCUT2D eigenvalue weighted by atomic mass is 16.5. The lowest BCUT2D eigenvalue weighted by molar-refractivity contribution is -0.0785. The van der Waals surface area contributed by atoms with Crippen LogP contribution in [0.3, 0.4) is 0 Å². The van der Waals surface area contributed by atoms with Gasteiger partial charge in [0, 0.05) is 12.5 Å². The second-order valence-corrected chi connectivity index (χ2v) is 3.14. The van der Waals surface area contributed by atoms with Crippen LogP contribution in [-0.2, 0) is 4.74 Å². The topological polar surface area (TPSA) is 41.5 Å². The monoisotopic (exact) mass is 143 g/mol. The molecular weight excluding hydrogens is 130 g/mol. The molecule has 2 aliphatic rings. The predicted octanol–water partition coefficient (Wildman–Crippen LogP) is -0.154. The maximum atomic E-state index is 9.30. The van der Waals surface area contributed by atoms with Crippen LogP contribution in [0.5, 0.6) is 0 Å². The highest BCUT2D eigenvalue weighted by molar-refractivity contribution is 4.83. The summed E-state index contributed by atoms with van der Waals surface area (Å²) in [6.45, 7) is 0.856. The summed E-state index contributed by atoms with van der Waals surface area (Å²) in [6, 6.07) is 0.502. The molecule has 2 aliphatic heterocycles. The lowest BCUT2D eigenvalue weighted by Crippen LogP contribution is -2.52. The first-order valence-electron chi connectivity index (χ1n) is 3.90. The van der Waals surface area contributed by atoms with Crippen LogP contribution in [0.4, 0.5) is 0 Å². The third-order valence-electron chi connectivity index (χ3n) is 2.25. The van der Waals surface area contributed by atoms with Crippen molar-refractivity contribution in [2.45, 2.75) is 37.6 Å². The normalized spacial score (nSPS) is 47.1. The molecule has 0 spiro atoms. The number of hydrogen-bond acceptors (Lipinski definition) is 3. The van der Waals surface area contributed by atoms with Crippen LogP contribution >= 0.6 is 0 Å². The molecule has 3 heteroatoms. The molecule has 2 heterocycles. The van der Waals surface area contributed by atoms with E-state index in [9.17, 15) is 5.11 Å². The first-order valence-corrected chi connectivity index (χ1v) is 3.90. The summed E-state index contributed by atoms with van der Waals surface area (Å²) in [6.07, 6.45) is 2.70. The number of rotatable bonds is 0. The molecule has 2 bridgehead atoms. The molecule has 3 atom stereocenters. The standard InChI is InChI=1S/C7H13NO2/c9-6-3-5-1-2-10-7(4-6)8-5/h5-9H,1-4H2. The Morgan fingerprint density at radius 2 is 2.30 bits per heavy atom. The molecule has 58 valence electrons. The van der Waals surface area contributed by atoms with Crippen LogP contribution in [-0.4, -0.2) is 30.1 Å². The van der Waals surface area contributed by atoms with Crippen LogP contribution in [0.2, 0.25) is 0 Å². The minimum Gasteiger partial charge on any atom is -0.393 e. The van der Waals surface area contributed by atoms with E-state index in [1.165, 1.54) is 0 Å². The van der Waals surface area contributed by atoms with Gasteiger partial charge in [0.15, 0.2) is 0 Å². The van der Waals surface area contributed by atoms with E-state index in [0.717, 1.165) is 25.9 Å². The third kappa shape index (κ3) is 1.17. The lowest BCUT2D eigenvalue weighted by Gasteiger charge is -2.38. The zero-order valence-corrected chi connectivity index (χ0v) is 5.92. The van der Waals surface area contributed by atoms with Crippen molar-refractivity contribution in [3.63, 3.8) is 0 Å². The maximum absolute atomic E-state index is 9.30. The predicted molar refractivity (Wildman–Crippen MR) is 36.5 cm³/mol. The van der Waals surface area contributed by atoms with Gasteiger partial charge in [-0.1, -0.05) is 0 Å². The summed E-state index contributed by atoms with van der Waals surface area (Å²) in [5, 5.41) is 12.6. The summed E-state index contributed by atoms with van der Waals surface area (Å²) in [5.74, 6) is 0. The first-order chi connectivity index (χ1) is 4.84. The highest BCUT2D eigenvalue weighted by Gasteiger charge is 2.30. The molecule has 0 radical (unpaired) electrons. The van der Waals surface area contributed by atoms with Gasteiger partial charge in [-0.3, -0.25) is 5.32 Å². The minimum absolute atomic E-state index is 0.127. The Kier molecular flexibility index (Phi) is 1.64. The second kappa shape index (κ2) is 2.49. The van der Waals surface area contributed by atoms with E-state index in [0.29, 0.717) is 6.04 Å². The van der Waals surface area contributed by atoms with Crippen molar-refractivity contribution < 1.29 is 9.84 Å². The van der Waals surface area contributed by atoms with E-state index in [2.05, 4.69) is 5.32 Å². The fraction of sp³-hybridized carbons (Fsp3) is 1.00. The van der Waals surface area contributed by atoms with E-state index in [1.807, 2.05) is 0 Å². The van der Waals surface area contributed by atoms with Crippen molar-refractivity contribution in [1.29, 1.82) is 0 Å².